The zero-order chi connectivity index (χ0) is 25.4. The first-order valence-electron chi connectivity index (χ1n) is 11.6. The van der Waals surface area contributed by atoms with Gasteiger partial charge in [-0.15, -0.1) is 0 Å². The topological polar surface area (TPSA) is 112 Å². The van der Waals surface area contributed by atoms with Crippen LogP contribution < -0.4 is 19.7 Å². The van der Waals surface area contributed by atoms with E-state index in [4.69, 9.17) is 14.2 Å². The maximum atomic E-state index is 13.8. The Morgan fingerprint density at radius 1 is 1.11 bits per heavy atom. The zero-order valence-corrected chi connectivity index (χ0v) is 20.2. The molecule has 0 saturated carbocycles. The smallest absolute Gasteiger partial charge is 0.358 e. The molecule has 10 heteroatoms. The van der Waals surface area contributed by atoms with Gasteiger partial charge in [0, 0.05) is 24.4 Å². The highest BCUT2D eigenvalue weighted by molar-refractivity contribution is 6.12. The molecule has 0 radical (unpaired) electrons. The van der Waals surface area contributed by atoms with Gasteiger partial charge in [0.1, 0.15) is 11.2 Å². The van der Waals surface area contributed by atoms with Crippen molar-refractivity contribution in [2.24, 2.45) is 0 Å². The molecule has 3 heterocycles. The molecule has 0 bridgehead atoms. The van der Waals surface area contributed by atoms with E-state index in [9.17, 15) is 14.4 Å². The second kappa shape index (κ2) is 9.03. The maximum Gasteiger partial charge on any atom is 0.358 e. The summed E-state index contributed by atoms with van der Waals surface area (Å²) in [5.74, 6) is -0.436. The van der Waals surface area contributed by atoms with Crippen LogP contribution >= 0.6 is 0 Å². The molecule has 1 N–H and O–H groups in total. The fraction of sp³-hybridized carbons (Fsp3) is 0.308. The lowest BCUT2D eigenvalue weighted by atomic mass is 9.93. The van der Waals surface area contributed by atoms with E-state index in [0.29, 0.717) is 17.2 Å². The number of ether oxygens (including phenoxy) is 3. The van der Waals surface area contributed by atoms with E-state index in [2.05, 4.69) is 10.4 Å². The van der Waals surface area contributed by atoms with Crippen molar-refractivity contribution in [1.82, 2.24) is 15.1 Å². The Labute approximate surface area is 207 Å². The number of anilines is 1. The molecule has 2 aromatic carbocycles. The predicted molar refractivity (Wildman–Crippen MR) is 129 cm³/mol. The monoisotopic (exact) mass is 490 g/mol. The number of nitrogens with zero attached hydrogens (tertiary/aromatic N) is 3. The van der Waals surface area contributed by atoms with E-state index in [1.54, 1.807) is 32.0 Å². The molecule has 0 saturated heterocycles. The van der Waals surface area contributed by atoms with Gasteiger partial charge in [-0.1, -0.05) is 29.8 Å². The summed E-state index contributed by atoms with van der Waals surface area (Å²) < 4.78 is 17.3. The molecule has 186 valence electrons. The molecular formula is C26H26N4O6. The fourth-order valence-electron chi connectivity index (χ4n) is 4.39. The highest BCUT2D eigenvalue weighted by Gasteiger charge is 2.49. The Balaban J connectivity index is 1.52. The number of aryl methyl sites for hydroxylation is 1. The summed E-state index contributed by atoms with van der Waals surface area (Å²) in [5.41, 5.74) is 1.34. The molecular weight excluding hydrogens is 464 g/mol. The average Bonchev–Trinajstić information content (AvgIpc) is 3.50. The van der Waals surface area contributed by atoms with Crippen molar-refractivity contribution < 1.29 is 28.6 Å². The summed E-state index contributed by atoms with van der Waals surface area (Å²) in [6.07, 6.45) is 0. The van der Waals surface area contributed by atoms with Gasteiger partial charge >= 0.3 is 5.97 Å². The van der Waals surface area contributed by atoms with Crippen LogP contribution in [0.1, 0.15) is 46.0 Å². The highest BCUT2D eigenvalue weighted by Crippen LogP contribution is 2.39. The molecule has 0 unspecified atom stereocenters. The van der Waals surface area contributed by atoms with Crippen LogP contribution in [0, 0.1) is 6.92 Å². The number of rotatable bonds is 6. The SMILES string of the molecule is CCOC(=O)c1cc2n(n1)C[C@](C)(C(=O)NCc1ccc(C)cc1)N(c1ccc3c(c1)OCO3)C2=O. The van der Waals surface area contributed by atoms with Crippen LogP contribution in [0.2, 0.25) is 0 Å². The zero-order valence-electron chi connectivity index (χ0n) is 20.2. The number of benzene rings is 2. The van der Waals surface area contributed by atoms with Crippen molar-refractivity contribution >= 4 is 23.5 Å². The number of hydrogen-bond acceptors (Lipinski definition) is 7. The molecule has 5 rings (SSSR count). The van der Waals surface area contributed by atoms with Crippen molar-refractivity contribution in [2.45, 2.75) is 39.4 Å². The third-order valence-electron chi connectivity index (χ3n) is 6.32. The van der Waals surface area contributed by atoms with Crippen molar-refractivity contribution in [3.8, 4) is 11.5 Å². The minimum atomic E-state index is -1.36. The molecule has 0 fully saturated rings. The van der Waals surface area contributed by atoms with Crippen molar-refractivity contribution in [3.63, 3.8) is 0 Å². The molecule has 3 aromatic rings. The van der Waals surface area contributed by atoms with E-state index in [0.717, 1.165) is 11.1 Å². The van der Waals surface area contributed by atoms with Gasteiger partial charge in [0.15, 0.2) is 17.2 Å². The molecule has 2 amide bonds. The summed E-state index contributed by atoms with van der Waals surface area (Å²) in [6.45, 7) is 5.94. The summed E-state index contributed by atoms with van der Waals surface area (Å²) >= 11 is 0. The lowest BCUT2D eigenvalue weighted by Gasteiger charge is -2.43. The van der Waals surface area contributed by atoms with E-state index in [1.807, 2.05) is 31.2 Å². The van der Waals surface area contributed by atoms with Gasteiger partial charge in [0.05, 0.1) is 13.2 Å². The first kappa shape index (κ1) is 23.4. The second-order valence-corrected chi connectivity index (χ2v) is 8.91. The third-order valence-corrected chi connectivity index (χ3v) is 6.32. The number of hydrogen-bond donors (Lipinski definition) is 1. The molecule has 1 aromatic heterocycles. The standard InChI is InChI=1S/C26H26N4O6/c1-4-34-24(32)19-12-20-23(31)30(18-9-10-21-22(11-18)36-15-35-21)26(3,14-29(20)28-19)25(33)27-13-17-7-5-16(2)6-8-17/h5-12H,4,13-15H2,1-3H3,(H,27,33)/t26-/m1/s1. The van der Waals surface area contributed by atoms with E-state index in [-0.39, 0.29) is 43.8 Å². The minimum Gasteiger partial charge on any atom is -0.461 e. The first-order valence-corrected chi connectivity index (χ1v) is 11.6. The van der Waals surface area contributed by atoms with Gasteiger partial charge in [0.25, 0.3) is 5.91 Å². The minimum absolute atomic E-state index is 0.00940. The van der Waals surface area contributed by atoms with Gasteiger partial charge in [-0.2, -0.15) is 5.10 Å². The molecule has 0 spiro atoms. The van der Waals surface area contributed by atoms with Crippen LogP contribution in [0.15, 0.2) is 48.5 Å². The Kier molecular flexibility index (Phi) is 5.87. The van der Waals surface area contributed by atoms with Crippen LogP contribution in [0.4, 0.5) is 5.69 Å². The Morgan fingerprint density at radius 2 is 1.86 bits per heavy atom. The van der Waals surface area contributed by atoms with Crippen molar-refractivity contribution in [1.29, 1.82) is 0 Å². The third kappa shape index (κ3) is 4.04. The molecule has 0 aliphatic carbocycles. The summed E-state index contributed by atoms with van der Waals surface area (Å²) in [5, 5.41) is 7.24. The summed E-state index contributed by atoms with van der Waals surface area (Å²) in [4.78, 5) is 41.2. The van der Waals surface area contributed by atoms with Crippen LogP contribution in [0.25, 0.3) is 0 Å². The molecule has 36 heavy (non-hydrogen) atoms. The lowest BCUT2D eigenvalue weighted by molar-refractivity contribution is -0.126. The number of aromatic nitrogens is 2. The average molecular weight is 491 g/mol. The quantitative estimate of drug-likeness (QED) is 0.529. The number of esters is 1. The number of carbonyl (C=O) groups is 3. The summed E-state index contributed by atoms with van der Waals surface area (Å²) in [6, 6.07) is 14.3. The number of carbonyl (C=O) groups excluding carboxylic acids is 3. The van der Waals surface area contributed by atoms with Crippen LogP contribution in [0.3, 0.4) is 0 Å². The lowest BCUT2D eigenvalue weighted by Crippen LogP contribution is -2.64. The van der Waals surface area contributed by atoms with Crippen LogP contribution in [-0.4, -0.2) is 46.5 Å². The Morgan fingerprint density at radius 3 is 2.61 bits per heavy atom. The number of fused-ring (bicyclic) bond motifs is 2. The van der Waals surface area contributed by atoms with Gasteiger partial charge in [-0.3, -0.25) is 19.2 Å². The molecule has 10 nitrogen and oxygen atoms in total. The second-order valence-electron chi connectivity index (χ2n) is 8.91. The predicted octanol–water partition coefficient (Wildman–Crippen LogP) is 2.83. The Bertz CT molecular complexity index is 1350. The fourth-order valence-corrected chi connectivity index (χ4v) is 4.39. The van der Waals surface area contributed by atoms with E-state index < -0.39 is 17.4 Å². The first-order chi connectivity index (χ1) is 17.3. The van der Waals surface area contributed by atoms with E-state index >= 15 is 0 Å². The van der Waals surface area contributed by atoms with Gasteiger partial charge < -0.3 is 19.5 Å². The number of amides is 2. The normalized spacial score (nSPS) is 18.1. The van der Waals surface area contributed by atoms with Crippen molar-refractivity contribution in [2.75, 3.05) is 18.3 Å². The number of nitrogens with one attached hydrogen (secondary N) is 1. The maximum absolute atomic E-state index is 13.8. The molecule has 2 aliphatic heterocycles. The van der Waals surface area contributed by atoms with Crippen LogP contribution in [-0.2, 0) is 22.6 Å². The Hall–Kier alpha value is -4.34. The molecule has 1 atom stereocenters. The van der Waals surface area contributed by atoms with Gasteiger partial charge in [-0.25, -0.2) is 4.79 Å². The van der Waals surface area contributed by atoms with E-state index in [1.165, 1.54) is 15.6 Å². The largest absolute Gasteiger partial charge is 0.461 e. The molecule has 2 aliphatic rings. The summed E-state index contributed by atoms with van der Waals surface area (Å²) in [7, 11) is 0. The van der Waals surface area contributed by atoms with Crippen molar-refractivity contribution in [3.05, 3.63) is 71.0 Å². The van der Waals surface area contributed by atoms with Gasteiger partial charge in [-0.05, 0) is 38.5 Å². The van der Waals surface area contributed by atoms with Gasteiger partial charge in [0.2, 0.25) is 12.7 Å². The van der Waals surface area contributed by atoms with Crippen LogP contribution in [0.5, 0.6) is 11.5 Å². The highest BCUT2D eigenvalue weighted by atomic mass is 16.7.